The lowest BCUT2D eigenvalue weighted by atomic mass is 9.92. The van der Waals surface area contributed by atoms with Crippen LogP contribution in [0, 0.1) is 5.95 Å². The van der Waals surface area contributed by atoms with Crippen LogP contribution < -0.4 is 20.7 Å². The molecule has 11 nitrogen and oxygen atoms in total. The lowest BCUT2D eigenvalue weighted by molar-refractivity contribution is 0.102. The monoisotopic (exact) mass is 564 g/mol. The van der Waals surface area contributed by atoms with Gasteiger partial charge in [0, 0.05) is 42.1 Å². The SMILES string of the molecule is O=C(Nc1ccnc(F)c1)c1cnc2c(NC3CC3)cc(N[C@H]3CC[C@H](NS(=O)(=O)c4ccccc4)CC3)nn12. The predicted molar refractivity (Wildman–Crippen MR) is 148 cm³/mol. The lowest BCUT2D eigenvalue weighted by Crippen LogP contribution is -2.40. The number of fused-ring (bicyclic) bond motifs is 1. The molecule has 3 aromatic heterocycles. The van der Waals surface area contributed by atoms with Crippen molar-refractivity contribution in [3.8, 4) is 0 Å². The molecule has 0 atom stereocenters. The molecule has 3 heterocycles. The summed E-state index contributed by atoms with van der Waals surface area (Å²) in [5.74, 6) is -0.601. The molecule has 4 N–H and O–H groups in total. The number of imidazole rings is 1. The van der Waals surface area contributed by atoms with E-state index in [4.69, 9.17) is 0 Å². The van der Waals surface area contributed by atoms with Gasteiger partial charge in [0.25, 0.3) is 5.91 Å². The number of rotatable bonds is 9. The van der Waals surface area contributed by atoms with Gasteiger partial charge in [-0.05, 0) is 56.7 Å². The second-order valence-electron chi connectivity index (χ2n) is 10.2. The molecule has 1 aromatic carbocycles. The van der Waals surface area contributed by atoms with Crippen LogP contribution in [0.4, 0.5) is 21.6 Å². The number of carbonyl (C=O) groups excluding carboxylic acids is 1. The molecule has 0 unspecified atom stereocenters. The molecular weight excluding hydrogens is 535 g/mol. The van der Waals surface area contributed by atoms with Crippen molar-refractivity contribution in [3.63, 3.8) is 0 Å². The molecule has 2 aliphatic rings. The number of pyridine rings is 1. The first kappa shape index (κ1) is 26.1. The van der Waals surface area contributed by atoms with E-state index in [9.17, 15) is 17.6 Å². The van der Waals surface area contributed by atoms with E-state index in [-0.39, 0.29) is 28.4 Å². The molecule has 2 saturated carbocycles. The summed E-state index contributed by atoms with van der Waals surface area (Å²) in [5.41, 5.74) is 1.76. The molecule has 13 heteroatoms. The average Bonchev–Trinajstić information content (AvgIpc) is 3.65. The van der Waals surface area contributed by atoms with E-state index in [1.165, 1.54) is 23.0 Å². The Kier molecular flexibility index (Phi) is 7.07. The Morgan fingerprint density at radius 1 is 0.900 bits per heavy atom. The maximum atomic E-state index is 13.5. The maximum Gasteiger partial charge on any atom is 0.276 e. The Balaban J connectivity index is 1.17. The summed E-state index contributed by atoms with van der Waals surface area (Å²) in [7, 11) is -3.57. The van der Waals surface area contributed by atoms with Crippen LogP contribution >= 0.6 is 0 Å². The third kappa shape index (κ3) is 5.89. The van der Waals surface area contributed by atoms with Gasteiger partial charge in [0.05, 0.1) is 16.8 Å². The van der Waals surface area contributed by atoms with Crippen molar-refractivity contribution in [2.45, 2.75) is 61.5 Å². The third-order valence-corrected chi connectivity index (χ3v) is 8.61. The van der Waals surface area contributed by atoms with Crippen LogP contribution in [0.5, 0.6) is 0 Å². The van der Waals surface area contributed by atoms with E-state index in [1.807, 2.05) is 6.07 Å². The second-order valence-corrected chi connectivity index (χ2v) is 11.9. The van der Waals surface area contributed by atoms with Gasteiger partial charge in [-0.15, -0.1) is 5.10 Å². The van der Waals surface area contributed by atoms with Gasteiger partial charge in [0.1, 0.15) is 5.82 Å². The normalized spacial score (nSPS) is 19.3. The first-order valence-corrected chi connectivity index (χ1v) is 14.7. The van der Waals surface area contributed by atoms with Crippen molar-refractivity contribution in [2.24, 2.45) is 0 Å². The number of hydrogen-bond acceptors (Lipinski definition) is 8. The molecule has 1 amide bonds. The minimum atomic E-state index is -3.57. The zero-order valence-corrected chi connectivity index (χ0v) is 22.4. The standard InChI is InChI=1S/C27H29FN8O3S/c28-24-14-20(12-13-29-24)33-27(37)23-16-30-26-22(31-17-6-7-17)15-25(34-36(23)26)32-18-8-10-19(11-9-18)35-40(38,39)21-4-2-1-3-5-21/h1-5,12-19,31,35H,6-11H2,(H,32,34)(H,29,33,37)/t18-,19-. The summed E-state index contributed by atoms with van der Waals surface area (Å²) in [5, 5.41) is 14.3. The summed E-state index contributed by atoms with van der Waals surface area (Å²) in [6, 6.07) is 13.2. The molecule has 208 valence electrons. The molecular formula is C27H29FN8O3S. The highest BCUT2D eigenvalue weighted by atomic mass is 32.2. The van der Waals surface area contributed by atoms with Crippen LogP contribution in [0.2, 0.25) is 0 Å². The fraction of sp³-hybridized carbons (Fsp3) is 0.333. The largest absolute Gasteiger partial charge is 0.379 e. The number of benzene rings is 1. The van der Waals surface area contributed by atoms with Gasteiger partial charge in [-0.1, -0.05) is 18.2 Å². The Morgan fingerprint density at radius 2 is 1.60 bits per heavy atom. The molecule has 2 fully saturated rings. The number of aromatic nitrogens is 4. The van der Waals surface area contributed by atoms with Crippen molar-refractivity contribution >= 4 is 38.8 Å². The van der Waals surface area contributed by atoms with Gasteiger partial charge < -0.3 is 16.0 Å². The first-order chi connectivity index (χ1) is 19.3. The molecule has 6 rings (SSSR count). The van der Waals surface area contributed by atoms with Crippen molar-refractivity contribution in [1.82, 2.24) is 24.3 Å². The van der Waals surface area contributed by atoms with Crippen molar-refractivity contribution in [1.29, 1.82) is 0 Å². The highest BCUT2D eigenvalue weighted by molar-refractivity contribution is 7.89. The summed E-state index contributed by atoms with van der Waals surface area (Å²) in [6.07, 6.45) is 7.69. The number of hydrogen-bond donors (Lipinski definition) is 4. The Hall–Kier alpha value is -4.10. The number of halogens is 1. The summed E-state index contributed by atoms with van der Waals surface area (Å²) < 4.78 is 43.3. The molecule has 0 saturated heterocycles. The smallest absolute Gasteiger partial charge is 0.276 e. The fourth-order valence-corrected chi connectivity index (χ4v) is 6.20. The van der Waals surface area contributed by atoms with Gasteiger partial charge in [-0.3, -0.25) is 4.79 Å². The minimum absolute atomic E-state index is 0.0804. The van der Waals surface area contributed by atoms with Crippen molar-refractivity contribution < 1.29 is 17.6 Å². The van der Waals surface area contributed by atoms with Crippen LogP contribution in [0.1, 0.15) is 49.0 Å². The van der Waals surface area contributed by atoms with Gasteiger partial charge in [0.15, 0.2) is 11.3 Å². The van der Waals surface area contributed by atoms with Gasteiger partial charge >= 0.3 is 0 Å². The van der Waals surface area contributed by atoms with Gasteiger partial charge in [0.2, 0.25) is 16.0 Å². The number of nitrogens with zero attached hydrogens (tertiary/aromatic N) is 4. The van der Waals surface area contributed by atoms with E-state index >= 15 is 0 Å². The van der Waals surface area contributed by atoms with E-state index in [1.54, 1.807) is 30.3 Å². The zero-order chi connectivity index (χ0) is 27.7. The van der Waals surface area contributed by atoms with Crippen molar-refractivity contribution in [3.05, 3.63) is 72.6 Å². The van der Waals surface area contributed by atoms with Crippen LogP contribution in [-0.2, 0) is 10.0 Å². The van der Waals surface area contributed by atoms with Gasteiger partial charge in [-0.2, -0.15) is 4.39 Å². The Morgan fingerprint density at radius 3 is 2.33 bits per heavy atom. The molecule has 0 radical (unpaired) electrons. The molecule has 0 bridgehead atoms. The van der Waals surface area contributed by atoms with Crippen LogP contribution in [0.15, 0.2) is 65.8 Å². The van der Waals surface area contributed by atoms with E-state index in [0.717, 1.165) is 37.4 Å². The number of carbonyl (C=O) groups is 1. The highest BCUT2D eigenvalue weighted by Gasteiger charge is 2.28. The molecule has 0 spiro atoms. The third-order valence-electron chi connectivity index (χ3n) is 7.08. The summed E-state index contributed by atoms with van der Waals surface area (Å²) in [6.45, 7) is 0. The Labute approximate surface area is 230 Å². The fourth-order valence-electron chi connectivity index (χ4n) is 4.87. The summed E-state index contributed by atoms with van der Waals surface area (Å²) in [4.78, 5) is 21.3. The number of sulfonamides is 1. The number of nitrogens with one attached hydrogen (secondary N) is 4. The van der Waals surface area contributed by atoms with Crippen LogP contribution in [-0.4, -0.2) is 52.0 Å². The topological polar surface area (TPSA) is 142 Å². The highest BCUT2D eigenvalue weighted by Crippen LogP contribution is 2.30. The average molecular weight is 565 g/mol. The Bertz CT molecular complexity index is 1630. The molecule has 2 aliphatic carbocycles. The van der Waals surface area contributed by atoms with Crippen LogP contribution in [0.3, 0.4) is 0 Å². The predicted octanol–water partition coefficient (Wildman–Crippen LogP) is 3.79. The second kappa shape index (κ2) is 10.8. The number of amides is 1. The van der Waals surface area contributed by atoms with E-state index in [2.05, 4.69) is 35.7 Å². The van der Waals surface area contributed by atoms with E-state index < -0.39 is 21.9 Å². The van der Waals surface area contributed by atoms with Crippen molar-refractivity contribution in [2.75, 3.05) is 16.0 Å². The summed E-state index contributed by atoms with van der Waals surface area (Å²) >= 11 is 0. The van der Waals surface area contributed by atoms with E-state index in [0.29, 0.717) is 30.3 Å². The molecule has 4 aromatic rings. The molecule has 40 heavy (non-hydrogen) atoms. The van der Waals surface area contributed by atoms with Gasteiger partial charge in [-0.25, -0.2) is 27.6 Å². The van der Waals surface area contributed by atoms with Crippen LogP contribution in [0.25, 0.3) is 5.65 Å². The first-order valence-electron chi connectivity index (χ1n) is 13.3. The quantitative estimate of drug-likeness (QED) is 0.225. The molecule has 0 aliphatic heterocycles. The maximum absolute atomic E-state index is 13.5. The number of anilines is 3. The zero-order valence-electron chi connectivity index (χ0n) is 21.5. The minimum Gasteiger partial charge on any atom is -0.379 e. The lowest BCUT2D eigenvalue weighted by Gasteiger charge is -2.30.